The van der Waals surface area contributed by atoms with Gasteiger partial charge in [0.2, 0.25) is 0 Å². The van der Waals surface area contributed by atoms with E-state index in [0.29, 0.717) is 6.61 Å². The maximum atomic E-state index is 8.59. The highest BCUT2D eigenvalue weighted by atomic mass is 32.2. The molecule has 0 aliphatic carbocycles. The van der Waals surface area contributed by atoms with E-state index in [1.807, 2.05) is 0 Å². The maximum absolute atomic E-state index is 8.59. The molecule has 0 spiro atoms. The van der Waals surface area contributed by atoms with E-state index in [4.69, 9.17) is 5.11 Å². The van der Waals surface area contributed by atoms with Crippen molar-refractivity contribution >= 4 is 11.8 Å². The largest absolute Gasteiger partial charge is 0.396 e. The maximum Gasteiger partial charge on any atom is 0.0431 e. The van der Waals surface area contributed by atoms with E-state index in [1.54, 1.807) is 0 Å². The van der Waals surface area contributed by atoms with Gasteiger partial charge in [0.15, 0.2) is 0 Å². The number of unbranched alkanes of at least 4 members (excludes halogenated alkanes) is 3. The first-order valence-corrected chi connectivity index (χ1v) is 6.91. The Labute approximate surface area is 91.9 Å². The molecular weight excluding hydrogens is 194 g/mol. The van der Waals surface area contributed by atoms with Crippen molar-refractivity contribution in [1.82, 2.24) is 5.32 Å². The number of thioether (sulfide) groups is 1. The van der Waals surface area contributed by atoms with E-state index >= 15 is 0 Å². The minimum absolute atomic E-state index is 0.353. The van der Waals surface area contributed by atoms with Gasteiger partial charge in [-0.15, -0.1) is 0 Å². The molecule has 2 N–H and O–H groups in total. The number of hydrogen-bond acceptors (Lipinski definition) is 3. The van der Waals surface area contributed by atoms with Gasteiger partial charge in [-0.2, -0.15) is 11.8 Å². The van der Waals surface area contributed by atoms with Crippen molar-refractivity contribution in [2.75, 3.05) is 25.4 Å². The predicted octanol–water partition coefficient (Wildman–Crippen LogP) is 2.02. The summed E-state index contributed by atoms with van der Waals surface area (Å²) in [5.74, 6) is 1.36. The molecule has 1 saturated heterocycles. The quantitative estimate of drug-likeness (QED) is 0.610. The van der Waals surface area contributed by atoms with E-state index in [0.717, 1.165) is 18.2 Å². The van der Waals surface area contributed by atoms with Crippen LogP contribution < -0.4 is 5.32 Å². The van der Waals surface area contributed by atoms with Gasteiger partial charge in [0.25, 0.3) is 0 Å². The lowest BCUT2D eigenvalue weighted by atomic mass is 10.2. The Morgan fingerprint density at radius 1 is 1.21 bits per heavy atom. The van der Waals surface area contributed by atoms with E-state index < -0.39 is 0 Å². The molecule has 0 saturated carbocycles. The summed E-state index contributed by atoms with van der Waals surface area (Å²) < 4.78 is 0. The lowest BCUT2D eigenvalue weighted by Crippen LogP contribution is -2.24. The SMILES string of the molecule is OCCCCCCNCC1CCCS1. The number of aliphatic hydroxyl groups is 1. The molecule has 1 atom stereocenters. The van der Waals surface area contributed by atoms with E-state index in [-0.39, 0.29) is 0 Å². The minimum Gasteiger partial charge on any atom is -0.396 e. The summed E-state index contributed by atoms with van der Waals surface area (Å²) in [6.07, 6.45) is 7.48. The van der Waals surface area contributed by atoms with Gasteiger partial charge < -0.3 is 10.4 Å². The van der Waals surface area contributed by atoms with Crippen molar-refractivity contribution < 1.29 is 5.11 Å². The van der Waals surface area contributed by atoms with E-state index in [1.165, 1.54) is 44.4 Å². The molecule has 1 aliphatic heterocycles. The second kappa shape index (κ2) is 8.57. The van der Waals surface area contributed by atoms with Gasteiger partial charge in [-0.05, 0) is 38.0 Å². The van der Waals surface area contributed by atoms with Gasteiger partial charge in [0, 0.05) is 18.4 Å². The Morgan fingerprint density at radius 2 is 2.07 bits per heavy atom. The number of aliphatic hydroxyl groups excluding tert-OH is 1. The zero-order valence-electron chi connectivity index (χ0n) is 9.00. The summed E-state index contributed by atoms with van der Waals surface area (Å²) in [5, 5.41) is 13.0. The molecule has 1 heterocycles. The monoisotopic (exact) mass is 217 g/mol. The molecule has 0 bridgehead atoms. The molecule has 84 valence electrons. The molecule has 2 nitrogen and oxygen atoms in total. The fraction of sp³-hybridized carbons (Fsp3) is 1.00. The Kier molecular flexibility index (Phi) is 7.55. The average Bonchev–Trinajstić information content (AvgIpc) is 2.69. The molecule has 0 aromatic rings. The standard InChI is InChI=1S/C11H23NOS/c13-8-4-2-1-3-7-12-10-11-6-5-9-14-11/h11-13H,1-10H2. The van der Waals surface area contributed by atoms with Crippen LogP contribution in [0.3, 0.4) is 0 Å². The molecule has 1 aliphatic rings. The van der Waals surface area contributed by atoms with Crippen molar-refractivity contribution in [2.24, 2.45) is 0 Å². The third kappa shape index (κ3) is 5.89. The van der Waals surface area contributed by atoms with Gasteiger partial charge in [0.1, 0.15) is 0 Å². The molecule has 0 aromatic heterocycles. The Bertz CT molecular complexity index is 126. The van der Waals surface area contributed by atoms with Crippen LogP contribution in [-0.2, 0) is 0 Å². The second-order valence-corrected chi connectivity index (χ2v) is 5.39. The van der Waals surface area contributed by atoms with Crippen LogP contribution in [0.25, 0.3) is 0 Å². The molecule has 0 amide bonds. The van der Waals surface area contributed by atoms with Crippen molar-refractivity contribution in [3.8, 4) is 0 Å². The number of rotatable bonds is 8. The van der Waals surface area contributed by atoms with Crippen LogP contribution in [0, 0.1) is 0 Å². The highest BCUT2D eigenvalue weighted by molar-refractivity contribution is 8.00. The zero-order valence-corrected chi connectivity index (χ0v) is 9.82. The summed E-state index contributed by atoms with van der Waals surface area (Å²) in [5.41, 5.74) is 0. The van der Waals surface area contributed by atoms with Crippen LogP contribution in [0.15, 0.2) is 0 Å². The van der Waals surface area contributed by atoms with Gasteiger partial charge in [-0.1, -0.05) is 12.8 Å². The molecule has 14 heavy (non-hydrogen) atoms. The minimum atomic E-state index is 0.353. The molecule has 1 rings (SSSR count). The van der Waals surface area contributed by atoms with Crippen molar-refractivity contribution in [1.29, 1.82) is 0 Å². The van der Waals surface area contributed by atoms with Crippen LogP contribution in [0.1, 0.15) is 38.5 Å². The molecule has 3 heteroatoms. The molecule has 1 fully saturated rings. The van der Waals surface area contributed by atoms with Gasteiger partial charge in [0.05, 0.1) is 0 Å². The topological polar surface area (TPSA) is 32.3 Å². The highest BCUT2D eigenvalue weighted by Gasteiger charge is 2.14. The first-order valence-electron chi connectivity index (χ1n) is 5.86. The third-order valence-electron chi connectivity index (χ3n) is 2.66. The van der Waals surface area contributed by atoms with E-state index in [9.17, 15) is 0 Å². The summed E-state index contributed by atoms with van der Waals surface area (Å²) in [6, 6.07) is 0. The molecular formula is C11H23NOS. The average molecular weight is 217 g/mol. The van der Waals surface area contributed by atoms with E-state index in [2.05, 4.69) is 17.1 Å². The molecule has 1 unspecified atom stereocenters. The third-order valence-corrected chi connectivity index (χ3v) is 4.06. The lowest BCUT2D eigenvalue weighted by molar-refractivity contribution is 0.282. The predicted molar refractivity (Wildman–Crippen MR) is 63.9 cm³/mol. The fourth-order valence-corrected chi connectivity index (χ4v) is 3.02. The molecule has 0 radical (unpaired) electrons. The lowest BCUT2D eigenvalue weighted by Gasteiger charge is -2.09. The van der Waals surface area contributed by atoms with Crippen LogP contribution in [0.5, 0.6) is 0 Å². The Balaban J connectivity index is 1.75. The van der Waals surface area contributed by atoms with Crippen molar-refractivity contribution in [2.45, 2.75) is 43.8 Å². The van der Waals surface area contributed by atoms with Crippen molar-refractivity contribution in [3.63, 3.8) is 0 Å². The second-order valence-electron chi connectivity index (χ2n) is 3.98. The summed E-state index contributed by atoms with van der Waals surface area (Å²) >= 11 is 2.12. The van der Waals surface area contributed by atoms with Gasteiger partial charge in [-0.25, -0.2) is 0 Å². The van der Waals surface area contributed by atoms with Crippen molar-refractivity contribution in [3.05, 3.63) is 0 Å². The van der Waals surface area contributed by atoms with Crippen LogP contribution in [0.2, 0.25) is 0 Å². The van der Waals surface area contributed by atoms with Crippen LogP contribution in [0.4, 0.5) is 0 Å². The highest BCUT2D eigenvalue weighted by Crippen LogP contribution is 2.25. The van der Waals surface area contributed by atoms with Crippen LogP contribution >= 0.6 is 11.8 Å². The summed E-state index contributed by atoms with van der Waals surface area (Å²) in [4.78, 5) is 0. The number of hydrogen-bond donors (Lipinski definition) is 2. The normalized spacial score (nSPS) is 21.6. The Hall–Kier alpha value is 0.270. The number of nitrogens with one attached hydrogen (secondary N) is 1. The van der Waals surface area contributed by atoms with Gasteiger partial charge >= 0.3 is 0 Å². The summed E-state index contributed by atoms with van der Waals surface area (Å²) in [6.45, 7) is 2.71. The Morgan fingerprint density at radius 3 is 2.79 bits per heavy atom. The fourth-order valence-electron chi connectivity index (χ4n) is 1.78. The first kappa shape index (κ1) is 12.3. The molecule has 0 aromatic carbocycles. The zero-order chi connectivity index (χ0) is 10.1. The van der Waals surface area contributed by atoms with Crippen LogP contribution in [-0.4, -0.2) is 35.8 Å². The summed E-state index contributed by atoms with van der Waals surface area (Å²) in [7, 11) is 0. The smallest absolute Gasteiger partial charge is 0.0431 e. The van der Waals surface area contributed by atoms with Gasteiger partial charge in [-0.3, -0.25) is 0 Å². The first-order chi connectivity index (χ1) is 6.93.